The number of nitrogens with zero attached hydrogens (tertiary/aromatic N) is 3. The van der Waals surface area contributed by atoms with Crippen LogP contribution in [0.15, 0.2) is 41.7 Å². The van der Waals surface area contributed by atoms with Gasteiger partial charge >= 0.3 is 0 Å². The van der Waals surface area contributed by atoms with E-state index in [1.165, 1.54) is 19.3 Å². The Morgan fingerprint density at radius 2 is 1.97 bits per heavy atom. The summed E-state index contributed by atoms with van der Waals surface area (Å²) < 4.78 is 33.6. The summed E-state index contributed by atoms with van der Waals surface area (Å²) in [6.07, 6.45) is 6.37. The molecule has 3 rings (SSSR count). The zero-order chi connectivity index (χ0) is 21.6. The van der Waals surface area contributed by atoms with Crippen LogP contribution in [0.1, 0.15) is 50.8 Å². The Morgan fingerprint density at radius 1 is 1.20 bits per heavy atom. The molecule has 1 aromatic heterocycles. The molecule has 30 heavy (non-hydrogen) atoms. The van der Waals surface area contributed by atoms with Gasteiger partial charge in [0.05, 0.1) is 17.6 Å². The summed E-state index contributed by atoms with van der Waals surface area (Å²) in [6.45, 7) is 7.39. The van der Waals surface area contributed by atoms with Gasteiger partial charge in [-0.2, -0.15) is 0 Å². The molecule has 0 spiro atoms. The van der Waals surface area contributed by atoms with Crippen molar-refractivity contribution in [3.63, 3.8) is 0 Å². The number of aromatic nitrogens is 2. The van der Waals surface area contributed by atoms with E-state index in [0.717, 1.165) is 37.4 Å². The van der Waals surface area contributed by atoms with Gasteiger partial charge in [0.1, 0.15) is 0 Å². The molecule has 166 valence electrons. The second kappa shape index (κ2) is 10.6. The van der Waals surface area contributed by atoms with Crippen LogP contribution in [-0.2, 0) is 33.4 Å². The van der Waals surface area contributed by atoms with Crippen molar-refractivity contribution in [1.82, 2.24) is 14.5 Å². The number of rotatable bonds is 10. The molecule has 2 aromatic rings. The van der Waals surface area contributed by atoms with Crippen LogP contribution in [0.2, 0.25) is 0 Å². The fraction of sp³-hybridized carbons (Fsp3) is 0.609. The number of benzene rings is 1. The fourth-order valence-corrected chi connectivity index (χ4v) is 5.74. The van der Waals surface area contributed by atoms with E-state index in [-0.39, 0.29) is 10.9 Å². The van der Waals surface area contributed by atoms with Gasteiger partial charge < -0.3 is 9.30 Å². The first-order chi connectivity index (χ1) is 14.4. The minimum atomic E-state index is -3.52. The maximum atomic E-state index is 13.2. The molecule has 1 fully saturated rings. The standard InChI is InChI=1S/C23H35N3O3S/c1-19(2)16-26-22(17-25-13-8-7-11-21(25)12-14-29-3)15-24-23(26)30(27,28)18-20-9-5-4-6-10-20/h4-6,9-10,15,19,21H,7-8,11-14,16-18H2,1-3H3. The molecule has 0 aliphatic carbocycles. The molecule has 0 bridgehead atoms. The molecule has 2 heterocycles. The fourth-order valence-electron chi connectivity index (χ4n) is 4.24. The Balaban J connectivity index is 1.86. The Labute approximate surface area is 181 Å². The van der Waals surface area contributed by atoms with Gasteiger partial charge in [0.2, 0.25) is 15.0 Å². The van der Waals surface area contributed by atoms with E-state index in [1.54, 1.807) is 13.3 Å². The van der Waals surface area contributed by atoms with E-state index in [9.17, 15) is 8.42 Å². The molecule has 0 saturated carbocycles. The van der Waals surface area contributed by atoms with Gasteiger partial charge in [0.25, 0.3) is 0 Å². The van der Waals surface area contributed by atoms with E-state index in [0.29, 0.717) is 18.5 Å². The highest BCUT2D eigenvalue weighted by molar-refractivity contribution is 7.90. The highest BCUT2D eigenvalue weighted by Crippen LogP contribution is 2.25. The van der Waals surface area contributed by atoms with Crippen LogP contribution in [0.25, 0.3) is 0 Å². The van der Waals surface area contributed by atoms with Crippen LogP contribution in [0.4, 0.5) is 0 Å². The quantitative estimate of drug-likeness (QED) is 0.568. The third-order valence-electron chi connectivity index (χ3n) is 5.70. The van der Waals surface area contributed by atoms with E-state index in [2.05, 4.69) is 23.7 Å². The number of hydrogen-bond donors (Lipinski definition) is 0. The minimum Gasteiger partial charge on any atom is -0.385 e. The second-order valence-corrected chi connectivity index (χ2v) is 10.6. The number of piperidine rings is 1. The Kier molecular flexibility index (Phi) is 8.08. The summed E-state index contributed by atoms with van der Waals surface area (Å²) in [6, 6.07) is 9.81. The summed E-state index contributed by atoms with van der Waals surface area (Å²) >= 11 is 0. The molecule has 1 aliphatic heterocycles. The van der Waals surface area contributed by atoms with E-state index in [1.807, 2.05) is 34.9 Å². The molecular formula is C23H35N3O3S. The predicted octanol–water partition coefficient (Wildman–Crippen LogP) is 3.90. The average molecular weight is 434 g/mol. The third kappa shape index (κ3) is 5.93. The lowest BCUT2D eigenvalue weighted by atomic mass is 9.99. The van der Waals surface area contributed by atoms with E-state index >= 15 is 0 Å². The van der Waals surface area contributed by atoms with Crippen molar-refractivity contribution in [2.24, 2.45) is 5.92 Å². The van der Waals surface area contributed by atoms with Crippen molar-refractivity contribution in [2.75, 3.05) is 20.3 Å². The maximum absolute atomic E-state index is 13.2. The summed E-state index contributed by atoms with van der Waals surface area (Å²) in [5.74, 6) is 0.303. The van der Waals surface area contributed by atoms with Crippen molar-refractivity contribution in [2.45, 2.75) is 69.6 Å². The molecule has 1 aromatic carbocycles. The molecule has 1 atom stereocenters. The Hall–Kier alpha value is -1.70. The summed E-state index contributed by atoms with van der Waals surface area (Å²) in [5, 5.41) is 0.195. The summed E-state index contributed by atoms with van der Waals surface area (Å²) in [7, 11) is -1.78. The topological polar surface area (TPSA) is 64.4 Å². The lowest BCUT2D eigenvalue weighted by Crippen LogP contribution is -2.40. The SMILES string of the molecule is COCCC1CCCCN1Cc1cnc(S(=O)(=O)Cc2ccccc2)n1CC(C)C. The second-order valence-electron chi connectivity index (χ2n) is 8.68. The van der Waals surface area contributed by atoms with Crippen LogP contribution < -0.4 is 0 Å². The zero-order valence-electron chi connectivity index (χ0n) is 18.5. The molecule has 6 nitrogen and oxygen atoms in total. The lowest BCUT2D eigenvalue weighted by Gasteiger charge is -2.35. The smallest absolute Gasteiger partial charge is 0.228 e. The largest absolute Gasteiger partial charge is 0.385 e. The van der Waals surface area contributed by atoms with Crippen molar-refractivity contribution < 1.29 is 13.2 Å². The molecule has 0 N–H and O–H groups in total. The minimum absolute atomic E-state index is 0.0252. The van der Waals surface area contributed by atoms with E-state index in [4.69, 9.17) is 4.74 Å². The molecule has 0 amide bonds. The normalized spacial score (nSPS) is 18.2. The maximum Gasteiger partial charge on any atom is 0.228 e. The van der Waals surface area contributed by atoms with Gasteiger partial charge in [0, 0.05) is 32.8 Å². The van der Waals surface area contributed by atoms with Crippen LogP contribution in [0, 0.1) is 5.92 Å². The first kappa shape index (κ1) is 23.0. The van der Waals surface area contributed by atoms with E-state index < -0.39 is 9.84 Å². The molecule has 1 unspecified atom stereocenters. The van der Waals surface area contributed by atoms with Crippen molar-refractivity contribution in [3.05, 3.63) is 47.8 Å². The van der Waals surface area contributed by atoms with Crippen molar-refractivity contribution in [1.29, 1.82) is 0 Å². The zero-order valence-corrected chi connectivity index (χ0v) is 19.3. The predicted molar refractivity (Wildman–Crippen MR) is 119 cm³/mol. The van der Waals surface area contributed by atoms with Crippen molar-refractivity contribution in [3.8, 4) is 0 Å². The van der Waals surface area contributed by atoms with Gasteiger partial charge in [-0.1, -0.05) is 50.6 Å². The Morgan fingerprint density at radius 3 is 2.67 bits per heavy atom. The van der Waals surface area contributed by atoms with Gasteiger partial charge in [0.15, 0.2) is 0 Å². The number of sulfone groups is 1. The van der Waals surface area contributed by atoms with Gasteiger partial charge in [-0.25, -0.2) is 13.4 Å². The monoisotopic (exact) mass is 433 g/mol. The van der Waals surface area contributed by atoms with Gasteiger partial charge in [-0.15, -0.1) is 0 Å². The lowest BCUT2D eigenvalue weighted by molar-refractivity contribution is 0.0950. The third-order valence-corrected chi connectivity index (χ3v) is 7.29. The number of likely N-dealkylation sites (tertiary alicyclic amines) is 1. The number of ether oxygens (including phenoxy) is 1. The molecule has 1 saturated heterocycles. The number of methoxy groups -OCH3 is 1. The van der Waals surface area contributed by atoms with Crippen LogP contribution in [0.5, 0.6) is 0 Å². The molecule has 1 aliphatic rings. The highest BCUT2D eigenvalue weighted by Gasteiger charge is 2.27. The number of hydrogen-bond acceptors (Lipinski definition) is 5. The highest BCUT2D eigenvalue weighted by atomic mass is 32.2. The Bertz CT molecular complexity index is 894. The van der Waals surface area contributed by atoms with Gasteiger partial charge in [-0.05, 0) is 37.3 Å². The van der Waals surface area contributed by atoms with Crippen LogP contribution in [-0.4, -0.2) is 49.2 Å². The first-order valence-corrected chi connectivity index (χ1v) is 12.6. The van der Waals surface area contributed by atoms with Crippen LogP contribution in [0.3, 0.4) is 0 Å². The summed E-state index contributed by atoms with van der Waals surface area (Å²) in [4.78, 5) is 6.89. The average Bonchev–Trinajstić information content (AvgIpc) is 3.10. The van der Waals surface area contributed by atoms with Crippen LogP contribution >= 0.6 is 0 Å². The van der Waals surface area contributed by atoms with Crippen molar-refractivity contribution >= 4 is 9.84 Å². The number of imidazole rings is 1. The van der Waals surface area contributed by atoms with Gasteiger partial charge in [-0.3, -0.25) is 4.90 Å². The molecule has 7 heteroatoms. The first-order valence-electron chi connectivity index (χ1n) is 10.9. The summed E-state index contributed by atoms with van der Waals surface area (Å²) in [5.41, 5.74) is 1.77. The molecule has 0 radical (unpaired) electrons. The molecular weight excluding hydrogens is 398 g/mol.